The Bertz CT molecular complexity index is 1030. The highest BCUT2D eigenvalue weighted by atomic mass is 32.1. The topological polar surface area (TPSA) is 12.4 Å². The number of hydrogen-bond acceptors (Lipinski definition) is 2. The molecule has 0 aliphatic heterocycles. The predicted octanol–water partition coefficient (Wildman–Crippen LogP) is 6.58. The van der Waals surface area contributed by atoms with E-state index in [1.165, 1.54) is 0 Å². The standard InChI is InChI=1S/C24H18FNS/c1-2-3-19-7-11-22(24(25)16-19)10-6-18-4-8-20(9-5-18)21-12-14-23(15-13-21)26-17-27/h4-5,7-9,11-16H,2-3H2,1H3. The van der Waals surface area contributed by atoms with Gasteiger partial charge in [0.15, 0.2) is 0 Å². The van der Waals surface area contributed by atoms with Gasteiger partial charge in [0.1, 0.15) is 5.82 Å². The molecule has 0 aromatic heterocycles. The molecule has 132 valence electrons. The summed E-state index contributed by atoms with van der Waals surface area (Å²) < 4.78 is 14.1. The van der Waals surface area contributed by atoms with Crippen molar-refractivity contribution in [3.63, 3.8) is 0 Å². The van der Waals surface area contributed by atoms with Gasteiger partial charge < -0.3 is 0 Å². The fraction of sp³-hybridized carbons (Fsp3) is 0.125. The molecule has 0 N–H and O–H groups in total. The highest BCUT2D eigenvalue weighted by Gasteiger charge is 2.01. The molecular formula is C24H18FNS. The molecule has 0 aliphatic rings. The van der Waals surface area contributed by atoms with Gasteiger partial charge in [-0.1, -0.05) is 55.5 Å². The van der Waals surface area contributed by atoms with Gasteiger partial charge in [-0.15, -0.1) is 0 Å². The molecule has 3 aromatic carbocycles. The van der Waals surface area contributed by atoms with E-state index >= 15 is 0 Å². The molecular weight excluding hydrogens is 353 g/mol. The van der Waals surface area contributed by atoms with Crippen molar-refractivity contribution in [1.82, 2.24) is 0 Å². The van der Waals surface area contributed by atoms with Crippen LogP contribution in [0.2, 0.25) is 0 Å². The van der Waals surface area contributed by atoms with Crippen molar-refractivity contribution < 1.29 is 4.39 Å². The second-order valence-corrected chi connectivity index (χ2v) is 6.32. The number of hydrogen-bond donors (Lipinski definition) is 0. The average Bonchev–Trinajstić information content (AvgIpc) is 2.69. The fourth-order valence-corrected chi connectivity index (χ4v) is 2.88. The van der Waals surface area contributed by atoms with E-state index in [0.29, 0.717) is 5.56 Å². The lowest BCUT2D eigenvalue weighted by molar-refractivity contribution is 0.621. The van der Waals surface area contributed by atoms with Crippen molar-refractivity contribution in [2.24, 2.45) is 4.99 Å². The van der Waals surface area contributed by atoms with E-state index in [2.05, 4.69) is 41.1 Å². The Morgan fingerprint density at radius 1 is 0.889 bits per heavy atom. The normalized spacial score (nSPS) is 9.85. The van der Waals surface area contributed by atoms with Crippen LogP contribution in [0.3, 0.4) is 0 Å². The summed E-state index contributed by atoms with van der Waals surface area (Å²) in [5.74, 6) is 5.70. The first-order valence-electron chi connectivity index (χ1n) is 8.78. The zero-order valence-corrected chi connectivity index (χ0v) is 15.8. The minimum absolute atomic E-state index is 0.260. The highest BCUT2D eigenvalue weighted by Crippen LogP contribution is 2.22. The summed E-state index contributed by atoms with van der Waals surface area (Å²) in [6.07, 6.45) is 1.88. The van der Waals surface area contributed by atoms with Gasteiger partial charge in [-0.05, 0) is 71.7 Å². The Kier molecular flexibility index (Phi) is 6.28. The first-order chi connectivity index (χ1) is 13.2. The van der Waals surface area contributed by atoms with Crippen LogP contribution in [0.25, 0.3) is 11.1 Å². The Hall–Kier alpha value is -3.05. The summed E-state index contributed by atoms with van der Waals surface area (Å²) >= 11 is 4.61. The first kappa shape index (κ1) is 18.7. The molecule has 0 spiro atoms. The van der Waals surface area contributed by atoms with Crippen molar-refractivity contribution in [2.45, 2.75) is 19.8 Å². The number of isothiocyanates is 1. The lowest BCUT2D eigenvalue weighted by Crippen LogP contribution is -1.89. The minimum atomic E-state index is -0.260. The Morgan fingerprint density at radius 3 is 2.15 bits per heavy atom. The van der Waals surface area contributed by atoms with Gasteiger partial charge in [0.05, 0.1) is 16.4 Å². The Morgan fingerprint density at radius 2 is 1.56 bits per heavy atom. The summed E-state index contributed by atoms with van der Waals surface area (Å²) in [4.78, 5) is 3.95. The summed E-state index contributed by atoms with van der Waals surface area (Å²) in [6, 6.07) is 20.9. The zero-order valence-electron chi connectivity index (χ0n) is 15.0. The molecule has 0 saturated heterocycles. The minimum Gasteiger partial charge on any atom is -0.206 e. The van der Waals surface area contributed by atoms with Crippen LogP contribution in [-0.4, -0.2) is 5.16 Å². The molecule has 3 aromatic rings. The van der Waals surface area contributed by atoms with Crippen LogP contribution in [0.1, 0.15) is 30.0 Å². The molecule has 0 radical (unpaired) electrons. The van der Waals surface area contributed by atoms with Crippen molar-refractivity contribution in [1.29, 1.82) is 0 Å². The molecule has 0 heterocycles. The largest absolute Gasteiger partial charge is 0.206 e. The summed E-state index contributed by atoms with van der Waals surface area (Å²) in [5.41, 5.74) is 5.21. The van der Waals surface area contributed by atoms with Crippen LogP contribution < -0.4 is 0 Å². The molecule has 0 aliphatic carbocycles. The zero-order chi connectivity index (χ0) is 19.1. The third kappa shape index (κ3) is 4.99. The molecule has 0 fully saturated rings. The number of halogens is 1. The fourth-order valence-electron chi connectivity index (χ4n) is 2.77. The number of benzene rings is 3. The van der Waals surface area contributed by atoms with Gasteiger partial charge in [0.25, 0.3) is 0 Å². The Labute approximate surface area is 164 Å². The second kappa shape index (κ2) is 9.05. The van der Waals surface area contributed by atoms with E-state index in [1.54, 1.807) is 12.1 Å². The summed E-state index contributed by atoms with van der Waals surface area (Å²) in [7, 11) is 0. The number of rotatable bonds is 4. The van der Waals surface area contributed by atoms with Crippen molar-refractivity contribution >= 4 is 23.1 Å². The van der Waals surface area contributed by atoms with Crippen molar-refractivity contribution in [3.8, 4) is 23.0 Å². The summed E-state index contributed by atoms with van der Waals surface area (Å²) in [5, 5.41) is 2.36. The van der Waals surface area contributed by atoms with Crippen molar-refractivity contribution in [2.75, 3.05) is 0 Å². The van der Waals surface area contributed by atoms with Crippen LogP contribution in [-0.2, 0) is 6.42 Å². The third-order valence-electron chi connectivity index (χ3n) is 4.17. The number of aryl methyl sites for hydroxylation is 1. The van der Waals surface area contributed by atoms with Crippen molar-refractivity contribution in [3.05, 3.63) is 89.2 Å². The molecule has 27 heavy (non-hydrogen) atoms. The van der Waals surface area contributed by atoms with Crippen LogP contribution in [0.4, 0.5) is 10.1 Å². The van der Waals surface area contributed by atoms with Crippen LogP contribution >= 0.6 is 12.2 Å². The van der Waals surface area contributed by atoms with E-state index in [9.17, 15) is 4.39 Å². The maximum absolute atomic E-state index is 14.1. The van der Waals surface area contributed by atoms with E-state index < -0.39 is 0 Å². The maximum Gasteiger partial charge on any atom is 0.139 e. The van der Waals surface area contributed by atoms with E-state index in [-0.39, 0.29) is 5.82 Å². The van der Waals surface area contributed by atoms with Crippen LogP contribution in [0.15, 0.2) is 71.7 Å². The van der Waals surface area contributed by atoms with E-state index in [0.717, 1.165) is 40.8 Å². The molecule has 0 amide bonds. The van der Waals surface area contributed by atoms with Crippen LogP contribution in [0.5, 0.6) is 0 Å². The molecule has 3 heteroatoms. The third-order valence-corrected chi connectivity index (χ3v) is 4.27. The highest BCUT2D eigenvalue weighted by molar-refractivity contribution is 7.78. The number of nitrogens with zero attached hydrogens (tertiary/aromatic N) is 1. The predicted molar refractivity (Wildman–Crippen MR) is 113 cm³/mol. The maximum atomic E-state index is 14.1. The SMILES string of the molecule is CCCc1ccc(C#Cc2ccc(-c3ccc(N=C=S)cc3)cc2)c(F)c1. The molecule has 0 unspecified atom stereocenters. The molecule has 0 atom stereocenters. The number of thiocarbonyl (C=S) groups is 1. The summed E-state index contributed by atoms with van der Waals surface area (Å²) in [6.45, 7) is 2.08. The number of aliphatic imine (C=N–C) groups is 1. The lowest BCUT2D eigenvalue weighted by Gasteiger charge is -2.02. The van der Waals surface area contributed by atoms with E-state index in [4.69, 9.17) is 0 Å². The van der Waals surface area contributed by atoms with Gasteiger partial charge in [-0.25, -0.2) is 4.39 Å². The average molecular weight is 371 g/mol. The van der Waals surface area contributed by atoms with Gasteiger partial charge in [0, 0.05) is 5.56 Å². The molecule has 1 nitrogen and oxygen atoms in total. The van der Waals surface area contributed by atoms with E-state index in [1.807, 2.05) is 54.6 Å². The van der Waals surface area contributed by atoms with Gasteiger partial charge in [-0.2, -0.15) is 4.99 Å². The monoisotopic (exact) mass is 371 g/mol. The second-order valence-electron chi connectivity index (χ2n) is 6.14. The van der Waals surface area contributed by atoms with Gasteiger partial charge in [0.2, 0.25) is 0 Å². The molecule has 0 bridgehead atoms. The smallest absolute Gasteiger partial charge is 0.139 e. The van der Waals surface area contributed by atoms with Crippen LogP contribution in [0, 0.1) is 17.7 Å². The van der Waals surface area contributed by atoms with Gasteiger partial charge >= 0.3 is 0 Å². The molecule has 3 rings (SSSR count). The van der Waals surface area contributed by atoms with Gasteiger partial charge in [-0.3, -0.25) is 0 Å². The quantitative estimate of drug-likeness (QED) is 0.287. The molecule has 0 saturated carbocycles. The Balaban J connectivity index is 1.77. The lowest BCUT2D eigenvalue weighted by atomic mass is 10.0. The first-order valence-corrected chi connectivity index (χ1v) is 9.19.